The zero-order valence-corrected chi connectivity index (χ0v) is 12.2. The van der Waals surface area contributed by atoms with Crippen molar-refractivity contribution in [3.05, 3.63) is 35.7 Å². The maximum atomic E-state index is 4.85. The van der Waals surface area contributed by atoms with Crippen LogP contribution < -0.4 is 0 Å². The van der Waals surface area contributed by atoms with Crippen LogP contribution in [0.1, 0.15) is 52.8 Å². The Morgan fingerprint density at radius 1 is 0.889 bits per heavy atom. The van der Waals surface area contributed by atoms with Gasteiger partial charge in [0.15, 0.2) is 0 Å². The van der Waals surface area contributed by atoms with Gasteiger partial charge in [-0.25, -0.2) is 0 Å². The Morgan fingerprint density at radius 3 is 2.11 bits per heavy atom. The molecule has 0 spiro atoms. The quantitative estimate of drug-likeness (QED) is 0.691. The average Bonchev–Trinajstić information content (AvgIpc) is 2.25. The van der Waals surface area contributed by atoms with E-state index in [0.29, 0.717) is 0 Å². The average molecular weight is 242 g/mol. The SMILES string of the molecule is CC(C)(C)c1cc2ncccc2nc1C(C)(C)C. The molecule has 2 nitrogen and oxygen atoms in total. The van der Waals surface area contributed by atoms with E-state index in [0.717, 1.165) is 11.0 Å². The van der Waals surface area contributed by atoms with Gasteiger partial charge < -0.3 is 0 Å². The van der Waals surface area contributed by atoms with Gasteiger partial charge in [0.05, 0.1) is 16.7 Å². The van der Waals surface area contributed by atoms with Crippen LogP contribution >= 0.6 is 0 Å². The number of nitrogens with zero attached hydrogens (tertiary/aromatic N) is 2. The van der Waals surface area contributed by atoms with Crippen molar-refractivity contribution >= 4 is 11.0 Å². The summed E-state index contributed by atoms with van der Waals surface area (Å²) in [7, 11) is 0. The van der Waals surface area contributed by atoms with Crippen LogP contribution in [0.2, 0.25) is 0 Å². The molecule has 2 aromatic heterocycles. The van der Waals surface area contributed by atoms with Crippen molar-refractivity contribution in [2.45, 2.75) is 52.4 Å². The van der Waals surface area contributed by atoms with E-state index >= 15 is 0 Å². The molecule has 0 aliphatic heterocycles. The molecule has 2 aromatic rings. The lowest BCUT2D eigenvalue weighted by molar-refractivity contribution is 0.516. The molecular weight excluding hydrogens is 220 g/mol. The summed E-state index contributed by atoms with van der Waals surface area (Å²) in [5, 5.41) is 0. The Labute approximate surface area is 109 Å². The summed E-state index contributed by atoms with van der Waals surface area (Å²) in [4.78, 5) is 9.27. The molecule has 0 fully saturated rings. The van der Waals surface area contributed by atoms with E-state index in [-0.39, 0.29) is 10.8 Å². The first kappa shape index (κ1) is 13.0. The van der Waals surface area contributed by atoms with Crippen LogP contribution in [0.25, 0.3) is 11.0 Å². The topological polar surface area (TPSA) is 25.8 Å². The summed E-state index contributed by atoms with van der Waals surface area (Å²) in [6.07, 6.45) is 1.83. The van der Waals surface area contributed by atoms with Gasteiger partial charge in [-0.15, -0.1) is 0 Å². The van der Waals surface area contributed by atoms with Gasteiger partial charge in [-0.05, 0) is 29.2 Å². The molecule has 0 aliphatic carbocycles. The molecule has 0 amide bonds. The van der Waals surface area contributed by atoms with Gasteiger partial charge in [0, 0.05) is 11.6 Å². The van der Waals surface area contributed by atoms with Crippen molar-refractivity contribution in [2.75, 3.05) is 0 Å². The Morgan fingerprint density at radius 2 is 1.56 bits per heavy atom. The molecule has 0 radical (unpaired) electrons. The fourth-order valence-electron chi connectivity index (χ4n) is 2.14. The van der Waals surface area contributed by atoms with E-state index in [1.165, 1.54) is 11.3 Å². The zero-order valence-electron chi connectivity index (χ0n) is 12.2. The van der Waals surface area contributed by atoms with Crippen molar-refractivity contribution in [3.8, 4) is 0 Å². The number of fused-ring (bicyclic) bond motifs is 1. The summed E-state index contributed by atoms with van der Waals surface area (Å²) in [5.41, 5.74) is 4.57. The molecule has 96 valence electrons. The van der Waals surface area contributed by atoms with Crippen LogP contribution in [0, 0.1) is 0 Å². The minimum atomic E-state index is 0.0483. The van der Waals surface area contributed by atoms with E-state index in [1.807, 2.05) is 18.3 Å². The molecule has 18 heavy (non-hydrogen) atoms. The fourth-order valence-corrected chi connectivity index (χ4v) is 2.14. The Balaban J connectivity index is 2.81. The van der Waals surface area contributed by atoms with Crippen LogP contribution in [0.3, 0.4) is 0 Å². The Bertz CT molecular complexity index is 519. The summed E-state index contributed by atoms with van der Waals surface area (Å²) in [6.45, 7) is 13.3. The second-order valence-corrected chi connectivity index (χ2v) is 6.93. The first-order chi connectivity index (χ1) is 8.19. The molecule has 2 rings (SSSR count). The highest BCUT2D eigenvalue weighted by atomic mass is 14.8. The van der Waals surface area contributed by atoms with E-state index in [9.17, 15) is 0 Å². The summed E-state index contributed by atoms with van der Waals surface area (Å²) >= 11 is 0. The molecule has 2 heteroatoms. The van der Waals surface area contributed by atoms with Gasteiger partial charge in [-0.1, -0.05) is 41.5 Å². The maximum absolute atomic E-state index is 4.85. The predicted octanol–water partition coefficient (Wildman–Crippen LogP) is 4.22. The van der Waals surface area contributed by atoms with E-state index < -0.39 is 0 Å². The highest BCUT2D eigenvalue weighted by Gasteiger charge is 2.27. The van der Waals surface area contributed by atoms with E-state index in [4.69, 9.17) is 4.98 Å². The monoisotopic (exact) mass is 242 g/mol. The number of aromatic nitrogens is 2. The van der Waals surface area contributed by atoms with Crippen LogP contribution in [0.4, 0.5) is 0 Å². The lowest BCUT2D eigenvalue weighted by Gasteiger charge is -2.29. The van der Waals surface area contributed by atoms with E-state index in [2.05, 4.69) is 52.6 Å². The molecule has 2 heterocycles. The highest BCUT2D eigenvalue weighted by molar-refractivity contribution is 5.75. The summed E-state index contributed by atoms with van der Waals surface area (Å²) in [5.74, 6) is 0. The highest BCUT2D eigenvalue weighted by Crippen LogP contribution is 2.34. The van der Waals surface area contributed by atoms with Crippen molar-refractivity contribution in [3.63, 3.8) is 0 Å². The number of hydrogen-bond donors (Lipinski definition) is 0. The second kappa shape index (κ2) is 4.04. The van der Waals surface area contributed by atoms with Crippen LogP contribution in [-0.2, 0) is 10.8 Å². The lowest BCUT2D eigenvalue weighted by Crippen LogP contribution is -2.23. The molecule has 0 unspecified atom stereocenters. The molecule has 0 aliphatic rings. The zero-order chi connectivity index (χ0) is 13.6. The second-order valence-electron chi connectivity index (χ2n) is 6.93. The van der Waals surface area contributed by atoms with Gasteiger partial charge in [-0.3, -0.25) is 9.97 Å². The van der Waals surface area contributed by atoms with Crippen LogP contribution in [0.15, 0.2) is 24.4 Å². The molecule has 0 bridgehead atoms. The molecule has 0 aromatic carbocycles. The van der Waals surface area contributed by atoms with Crippen molar-refractivity contribution in [1.82, 2.24) is 9.97 Å². The molecular formula is C16H22N2. The van der Waals surface area contributed by atoms with E-state index in [1.54, 1.807) is 0 Å². The van der Waals surface area contributed by atoms with Crippen molar-refractivity contribution in [2.24, 2.45) is 0 Å². The van der Waals surface area contributed by atoms with Crippen molar-refractivity contribution < 1.29 is 0 Å². The normalized spacial score (nSPS) is 13.0. The Kier molecular flexibility index (Phi) is 2.92. The molecule has 0 atom stereocenters. The van der Waals surface area contributed by atoms with Gasteiger partial charge in [0.2, 0.25) is 0 Å². The molecule has 0 saturated heterocycles. The predicted molar refractivity (Wildman–Crippen MR) is 76.9 cm³/mol. The minimum Gasteiger partial charge on any atom is -0.255 e. The third kappa shape index (κ3) is 2.38. The number of rotatable bonds is 0. The third-order valence-electron chi connectivity index (χ3n) is 3.10. The summed E-state index contributed by atoms with van der Waals surface area (Å²) < 4.78 is 0. The smallest absolute Gasteiger partial charge is 0.0890 e. The Hall–Kier alpha value is -1.44. The summed E-state index contributed by atoms with van der Waals surface area (Å²) in [6, 6.07) is 6.17. The van der Waals surface area contributed by atoms with Crippen LogP contribution in [0.5, 0.6) is 0 Å². The molecule has 0 saturated carbocycles. The fraction of sp³-hybridized carbons (Fsp3) is 0.500. The number of pyridine rings is 2. The standard InChI is InChI=1S/C16H22N2/c1-15(2,3)11-10-13-12(8-7-9-17-13)18-14(11)16(4,5)6/h7-10H,1-6H3. The van der Waals surface area contributed by atoms with Gasteiger partial charge >= 0.3 is 0 Å². The van der Waals surface area contributed by atoms with Crippen LogP contribution in [-0.4, -0.2) is 9.97 Å². The lowest BCUT2D eigenvalue weighted by atomic mass is 9.78. The third-order valence-corrected chi connectivity index (χ3v) is 3.10. The van der Waals surface area contributed by atoms with Gasteiger partial charge in [-0.2, -0.15) is 0 Å². The van der Waals surface area contributed by atoms with Crippen molar-refractivity contribution in [1.29, 1.82) is 0 Å². The number of hydrogen-bond acceptors (Lipinski definition) is 2. The first-order valence-electron chi connectivity index (χ1n) is 6.46. The minimum absolute atomic E-state index is 0.0483. The largest absolute Gasteiger partial charge is 0.255 e. The molecule has 0 N–H and O–H groups in total. The first-order valence-corrected chi connectivity index (χ1v) is 6.46. The van der Waals surface area contributed by atoms with Gasteiger partial charge in [0.1, 0.15) is 0 Å². The maximum Gasteiger partial charge on any atom is 0.0890 e. The van der Waals surface area contributed by atoms with Gasteiger partial charge in [0.25, 0.3) is 0 Å².